The summed E-state index contributed by atoms with van der Waals surface area (Å²) in [5.74, 6) is 0. The van der Waals surface area contributed by atoms with Crippen molar-refractivity contribution in [2.45, 2.75) is 10.9 Å². The molecule has 0 spiro atoms. The Morgan fingerprint density at radius 1 is 1.10 bits per heavy atom. The van der Waals surface area contributed by atoms with Crippen molar-refractivity contribution in [3.05, 3.63) is 73.9 Å². The van der Waals surface area contributed by atoms with Gasteiger partial charge in [-0.25, -0.2) is 17.9 Å². The van der Waals surface area contributed by atoms with Crippen molar-refractivity contribution >= 4 is 32.5 Å². The Morgan fingerprint density at radius 2 is 1.84 bits per heavy atom. The largest absolute Gasteiger partial charge is 0.379 e. The standard InChI is InChI=1S/C20H21ClN4O5S/c21-16-4-2-1-3-14(16)18(25-7-9-30-10-8-25)12-22-31(28,29)13-5-6-17-15(11-13)19(26)24-20(27)23-17/h1-6,11,18,22H,7-10,12H2,(H2,23,24,26,27). The third-order valence-corrected chi connectivity index (χ3v) is 7.00. The van der Waals surface area contributed by atoms with Crippen LogP contribution in [0, 0.1) is 0 Å². The third-order valence-electron chi connectivity index (χ3n) is 5.24. The quantitative estimate of drug-likeness (QED) is 0.504. The third kappa shape index (κ3) is 4.73. The van der Waals surface area contributed by atoms with E-state index in [2.05, 4.69) is 19.6 Å². The lowest BCUT2D eigenvalue weighted by molar-refractivity contribution is 0.0172. The van der Waals surface area contributed by atoms with E-state index < -0.39 is 21.3 Å². The van der Waals surface area contributed by atoms with Gasteiger partial charge in [0, 0.05) is 30.7 Å². The Labute approximate surface area is 183 Å². The van der Waals surface area contributed by atoms with Crippen LogP contribution in [0.5, 0.6) is 0 Å². The second-order valence-electron chi connectivity index (χ2n) is 7.15. The van der Waals surface area contributed by atoms with E-state index in [-0.39, 0.29) is 28.4 Å². The van der Waals surface area contributed by atoms with E-state index in [9.17, 15) is 18.0 Å². The lowest BCUT2D eigenvalue weighted by Crippen LogP contribution is -2.43. The Morgan fingerprint density at radius 3 is 2.58 bits per heavy atom. The smallest absolute Gasteiger partial charge is 0.326 e. The van der Waals surface area contributed by atoms with Gasteiger partial charge < -0.3 is 9.72 Å². The molecule has 9 nitrogen and oxygen atoms in total. The monoisotopic (exact) mass is 464 g/mol. The summed E-state index contributed by atoms with van der Waals surface area (Å²) in [6, 6.07) is 11.0. The van der Waals surface area contributed by atoms with Crippen molar-refractivity contribution < 1.29 is 13.2 Å². The molecule has 1 aliphatic rings. The number of ether oxygens (including phenoxy) is 1. The van der Waals surface area contributed by atoms with Gasteiger partial charge in [0.1, 0.15) is 0 Å². The zero-order valence-corrected chi connectivity index (χ0v) is 18.0. The molecule has 0 amide bonds. The molecule has 164 valence electrons. The van der Waals surface area contributed by atoms with Gasteiger partial charge in [-0.2, -0.15) is 0 Å². The van der Waals surface area contributed by atoms with Crippen LogP contribution in [-0.4, -0.2) is 56.1 Å². The number of H-pyrrole nitrogens is 2. The van der Waals surface area contributed by atoms with Crippen molar-refractivity contribution in [2.75, 3.05) is 32.8 Å². The molecule has 0 aliphatic carbocycles. The zero-order chi connectivity index (χ0) is 22.0. The molecule has 1 aliphatic heterocycles. The van der Waals surface area contributed by atoms with E-state index in [1.807, 2.05) is 18.2 Å². The summed E-state index contributed by atoms with van der Waals surface area (Å²) in [5, 5.41) is 0.637. The molecule has 1 fully saturated rings. The fourth-order valence-electron chi connectivity index (χ4n) is 3.65. The van der Waals surface area contributed by atoms with Gasteiger partial charge in [-0.05, 0) is 29.8 Å². The Kier molecular flexibility index (Phi) is 6.26. The number of hydrogen-bond acceptors (Lipinski definition) is 6. The first-order valence-electron chi connectivity index (χ1n) is 9.67. The predicted octanol–water partition coefficient (Wildman–Crippen LogP) is 1.22. The van der Waals surface area contributed by atoms with Crippen LogP contribution >= 0.6 is 11.6 Å². The average molecular weight is 465 g/mol. The van der Waals surface area contributed by atoms with Gasteiger partial charge in [0.15, 0.2) is 0 Å². The Hall–Kier alpha value is -2.50. The number of halogens is 1. The highest BCUT2D eigenvalue weighted by Gasteiger charge is 2.26. The number of rotatable bonds is 6. The summed E-state index contributed by atoms with van der Waals surface area (Å²) < 4.78 is 34.0. The first kappa shape index (κ1) is 21.7. The molecule has 1 atom stereocenters. The van der Waals surface area contributed by atoms with Crippen molar-refractivity contribution in [2.24, 2.45) is 0 Å². The number of sulfonamides is 1. The maximum atomic E-state index is 13.0. The molecule has 0 radical (unpaired) electrons. The lowest BCUT2D eigenvalue weighted by atomic mass is 10.0. The zero-order valence-electron chi connectivity index (χ0n) is 16.4. The minimum Gasteiger partial charge on any atom is -0.379 e. The second-order valence-corrected chi connectivity index (χ2v) is 9.33. The minimum atomic E-state index is -3.93. The molecular weight excluding hydrogens is 444 g/mol. The molecule has 3 N–H and O–H groups in total. The molecule has 3 aromatic rings. The van der Waals surface area contributed by atoms with Crippen molar-refractivity contribution in [1.29, 1.82) is 0 Å². The second kappa shape index (κ2) is 8.93. The molecule has 31 heavy (non-hydrogen) atoms. The number of fused-ring (bicyclic) bond motifs is 1. The molecule has 1 aromatic heterocycles. The van der Waals surface area contributed by atoms with Gasteiger partial charge in [0.05, 0.1) is 29.0 Å². The molecular formula is C20H21ClN4O5S. The predicted molar refractivity (Wildman–Crippen MR) is 117 cm³/mol. The molecule has 0 saturated carbocycles. The number of aromatic nitrogens is 2. The van der Waals surface area contributed by atoms with E-state index in [4.69, 9.17) is 16.3 Å². The Bertz CT molecular complexity index is 1310. The fraction of sp³-hybridized carbons (Fsp3) is 0.300. The number of nitrogens with zero attached hydrogens (tertiary/aromatic N) is 1. The lowest BCUT2D eigenvalue weighted by Gasteiger charge is -2.35. The van der Waals surface area contributed by atoms with E-state index in [0.717, 1.165) is 5.56 Å². The fourth-order valence-corrected chi connectivity index (χ4v) is 4.98. The Balaban J connectivity index is 1.63. The molecule has 2 aromatic carbocycles. The summed E-state index contributed by atoms with van der Waals surface area (Å²) in [4.78, 5) is 30.1. The summed E-state index contributed by atoms with van der Waals surface area (Å²) in [6.45, 7) is 2.50. The minimum absolute atomic E-state index is 0.0718. The van der Waals surface area contributed by atoms with Gasteiger partial charge in [0.25, 0.3) is 5.56 Å². The van der Waals surface area contributed by atoms with E-state index in [0.29, 0.717) is 31.3 Å². The van der Waals surface area contributed by atoms with Gasteiger partial charge >= 0.3 is 5.69 Å². The van der Waals surface area contributed by atoms with Gasteiger partial charge in [-0.15, -0.1) is 0 Å². The number of hydrogen-bond donors (Lipinski definition) is 3. The number of nitrogens with one attached hydrogen (secondary N) is 3. The van der Waals surface area contributed by atoms with Crippen LogP contribution in [0.1, 0.15) is 11.6 Å². The van der Waals surface area contributed by atoms with Gasteiger partial charge in [0.2, 0.25) is 10.0 Å². The van der Waals surface area contributed by atoms with E-state index >= 15 is 0 Å². The normalized spacial score (nSPS) is 16.4. The molecule has 2 heterocycles. The van der Waals surface area contributed by atoms with Crippen LogP contribution in [0.2, 0.25) is 5.02 Å². The molecule has 11 heteroatoms. The van der Waals surface area contributed by atoms with Crippen LogP contribution in [0.15, 0.2) is 56.9 Å². The number of morpholine rings is 1. The van der Waals surface area contributed by atoms with Crippen molar-refractivity contribution in [3.8, 4) is 0 Å². The van der Waals surface area contributed by atoms with Gasteiger partial charge in [-0.1, -0.05) is 29.8 Å². The number of aromatic amines is 2. The highest BCUT2D eigenvalue weighted by molar-refractivity contribution is 7.89. The maximum absolute atomic E-state index is 13.0. The summed E-state index contributed by atoms with van der Waals surface area (Å²) >= 11 is 6.40. The van der Waals surface area contributed by atoms with E-state index in [1.54, 1.807) is 6.07 Å². The topological polar surface area (TPSA) is 124 Å². The molecule has 4 rings (SSSR count). The van der Waals surface area contributed by atoms with E-state index in [1.165, 1.54) is 18.2 Å². The molecule has 1 unspecified atom stereocenters. The van der Waals surface area contributed by atoms with Crippen molar-refractivity contribution in [1.82, 2.24) is 19.6 Å². The summed E-state index contributed by atoms with van der Waals surface area (Å²) in [6.07, 6.45) is 0. The van der Waals surface area contributed by atoms with Crippen LogP contribution in [0.4, 0.5) is 0 Å². The van der Waals surface area contributed by atoms with Crippen LogP contribution in [0.3, 0.4) is 0 Å². The maximum Gasteiger partial charge on any atom is 0.326 e. The highest BCUT2D eigenvalue weighted by Crippen LogP contribution is 2.28. The van der Waals surface area contributed by atoms with Crippen molar-refractivity contribution in [3.63, 3.8) is 0 Å². The summed E-state index contributed by atoms with van der Waals surface area (Å²) in [5.41, 5.74) is -0.228. The number of benzene rings is 2. The molecule has 1 saturated heterocycles. The summed E-state index contributed by atoms with van der Waals surface area (Å²) in [7, 11) is -3.93. The highest BCUT2D eigenvalue weighted by atomic mass is 35.5. The molecule has 0 bridgehead atoms. The van der Waals surface area contributed by atoms with Crippen LogP contribution < -0.4 is 16.0 Å². The average Bonchev–Trinajstić information content (AvgIpc) is 2.75. The van der Waals surface area contributed by atoms with Crippen LogP contribution in [-0.2, 0) is 14.8 Å². The van der Waals surface area contributed by atoms with Gasteiger partial charge in [-0.3, -0.25) is 14.7 Å². The SMILES string of the molecule is O=c1[nH]c(=O)c2cc(S(=O)(=O)NCC(c3ccccc3Cl)N3CCOCC3)ccc2[nH]1. The first-order valence-corrected chi connectivity index (χ1v) is 11.5. The first-order chi connectivity index (χ1) is 14.8. The van der Waals surface area contributed by atoms with Crippen LogP contribution in [0.25, 0.3) is 10.9 Å².